The highest BCUT2D eigenvalue weighted by molar-refractivity contribution is 9.10. The summed E-state index contributed by atoms with van der Waals surface area (Å²) in [5.74, 6) is 6.04. The van der Waals surface area contributed by atoms with E-state index in [1.165, 1.54) is 0 Å². The van der Waals surface area contributed by atoms with Gasteiger partial charge in [0.05, 0.1) is 5.52 Å². The zero-order valence-electron chi connectivity index (χ0n) is 8.01. The molecular formula is C10H9BrClN3. The molecule has 0 aliphatic heterocycles. The van der Waals surface area contributed by atoms with E-state index < -0.39 is 0 Å². The van der Waals surface area contributed by atoms with Gasteiger partial charge in [-0.3, -0.25) is 0 Å². The van der Waals surface area contributed by atoms with E-state index in [0.29, 0.717) is 10.8 Å². The Morgan fingerprint density at radius 2 is 2.13 bits per heavy atom. The summed E-state index contributed by atoms with van der Waals surface area (Å²) in [6, 6.07) is 5.68. The van der Waals surface area contributed by atoms with Crippen LogP contribution < -0.4 is 11.3 Å². The fourth-order valence-electron chi connectivity index (χ4n) is 1.46. The van der Waals surface area contributed by atoms with Crippen molar-refractivity contribution in [1.29, 1.82) is 0 Å². The fourth-order valence-corrected chi connectivity index (χ4v) is 2.38. The number of benzene rings is 1. The van der Waals surface area contributed by atoms with Crippen LogP contribution in [0.5, 0.6) is 0 Å². The van der Waals surface area contributed by atoms with Gasteiger partial charge in [-0.2, -0.15) is 0 Å². The van der Waals surface area contributed by atoms with Gasteiger partial charge >= 0.3 is 0 Å². The molecule has 78 valence electrons. The van der Waals surface area contributed by atoms with Crippen LogP contribution in [0.15, 0.2) is 22.7 Å². The third-order valence-corrected chi connectivity index (χ3v) is 2.99. The molecule has 0 atom stereocenters. The topological polar surface area (TPSA) is 50.9 Å². The smallest absolute Gasteiger partial charge is 0.143 e. The Bertz CT molecular complexity index is 528. The molecule has 0 saturated heterocycles. The SMILES string of the molecule is Cc1cc2cc(Cl)cc(Br)c2nc1NN. The summed E-state index contributed by atoms with van der Waals surface area (Å²) >= 11 is 9.37. The summed E-state index contributed by atoms with van der Waals surface area (Å²) in [6.07, 6.45) is 0. The first-order valence-electron chi connectivity index (χ1n) is 4.35. The van der Waals surface area contributed by atoms with Crippen molar-refractivity contribution < 1.29 is 0 Å². The van der Waals surface area contributed by atoms with Crippen LogP contribution >= 0.6 is 27.5 Å². The molecular weight excluding hydrogens is 277 g/mol. The molecule has 3 N–H and O–H groups in total. The van der Waals surface area contributed by atoms with Crippen molar-refractivity contribution in [2.75, 3.05) is 5.43 Å². The Balaban J connectivity index is 2.81. The number of nitrogen functional groups attached to an aromatic ring is 1. The van der Waals surface area contributed by atoms with E-state index >= 15 is 0 Å². The first kappa shape index (κ1) is 10.7. The maximum Gasteiger partial charge on any atom is 0.143 e. The number of hydrogen-bond acceptors (Lipinski definition) is 3. The number of nitrogens with zero attached hydrogens (tertiary/aromatic N) is 1. The summed E-state index contributed by atoms with van der Waals surface area (Å²) in [5.41, 5.74) is 4.39. The molecule has 15 heavy (non-hydrogen) atoms. The summed E-state index contributed by atoms with van der Waals surface area (Å²) in [4.78, 5) is 4.39. The van der Waals surface area contributed by atoms with Gasteiger partial charge in [0.1, 0.15) is 5.82 Å². The summed E-state index contributed by atoms with van der Waals surface area (Å²) in [6.45, 7) is 1.94. The Labute approximate surface area is 101 Å². The number of fused-ring (bicyclic) bond motifs is 1. The molecule has 2 rings (SSSR count). The zero-order chi connectivity index (χ0) is 11.0. The third-order valence-electron chi connectivity index (χ3n) is 2.16. The molecule has 1 aromatic carbocycles. The van der Waals surface area contributed by atoms with E-state index in [9.17, 15) is 0 Å². The number of nitrogens with two attached hydrogens (primary N) is 1. The van der Waals surface area contributed by atoms with Gasteiger partial charge in [-0.05, 0) is 46.6 Å². The van der Waals surface area contributed by atoms with Gasteiger partial charge in [0.25, 0.3) is 0 Å². The van der Waals surface area contributed by atoms with E-state index in [0.717, 1.165) is 20.9 Å². The van der Waals surface area contributed by atoms with Gasteiger partial charge in [-0.1, -0.05) is 11.6 Å². The van der Waals surface area contributed by atoms with Gasteiger partial charge in [0.15, 0.2) is 0 Å². The maximum atomic E-state index is 5.95. The molecule has 0 aliphatic carbocycles. The molecule has 1 aromatic heterocycles. The Morgan fingerprint density at radius 1 is 1.40 bits per heavy atom. The molecule has 5 heteroatoms. The van der Waals surface area contributed by atoms with Crippen LogP contribution in [-0.2, 0) is 0 Å². The molecule has 3 nitrogen and oxygen atoms in total. The summed E-state index contributed by atoms with van der Waals surface area (Å²) in [7, 11) is 0. The van der Waals surface area contributed by atoms with Crippen molar-refractivity contribution >= 4 is 44.3 Å². The molecule has 0 aliphatic rings. The lowest BCUT2D eigenvalue weighted by atomic mass is 10.1. The number of rotatable bonds is 1. The van der Waals surface area contributed by atoms with Crippen LogP contribution in [0, 0.1) is 6.92 Å². The number of hydrogen-bond donors (Lipinski definition) is 2. The Morgan fingerprint density at radius 3 is 2.80 bits per heavy atom. The van der Waals surface area contributed by atoms with Crippen LogP contribution in [0.4, 0.5) is 5.82 Å². The van der Waals surface area contributed by atoms with Crippen molar-refractivity contribution in [3.63, 3.8) is 0 Å². The highest BCUT2D eigenvalue weighted by atomic mass is 79.9. The van der Waals surface area contributed by atoms with Gasteiger partial charge in [-0.25, -0.2) is 10.8 Å². The van der Waals surface area contributed by atoms with Gasteiger partial charge in [0, 0.05) is 14.9 Å². The standard InChI is InChI=1S/C10H9BrClN3/c1-5-2-6-3-7(12)4-8(11)9(6)14-10(5)15-13/h2-4H,13H2,1H3,(H,14,15). The number of pyridine rings is 1. The monoisotopic (exact) mass is 285 g/mol. The number of aryl methyl sites for hydroxylation is 1. The van der Waals surface area contributed by atoms with E-state index in [-0.39, 0.29) is 0 Å². The average molecular weight is 287 g/mol. The van der Waals surface area contributed by atoms with Crippen LogP contribution in [0.3, 0.4) is 0 Å². The van der Waals surface area contributed by atoms with Gasteiger partial charge in [-0.15, -0.1) is 0 Å². The number of halogens is 2. The minimum atomic E-state index is 0.672. The van der Waals surface area contributed by atoms with Crippen LogP contribution in [0.2, 0.25) is 5.02 Å². The van der Waals surface area contributed by atoms with Gasteiger partial charge < -0.3 is 5.43 Å². The lowest BCUT2D eigenvalue weighted by molar-refractivity contribution is 1.22. The summed E-state index contributed by atoms with van der Waals surface area (Å²) in [5, 5.41) is 1.68. The predicted octanol–water partition coefficient (Wildman–Crippen LogP) is 3.24. The van der Waals surface area contributed by atoms with Gasteiger partial charge in [0.2, 0.25) is 0 Å². The van der Waals surface area contributed by atoms with Crippen molar-refractivity contribution in [3.8, 4) is 0 Å². The molecule has 0 radical (unpaired) electrons. The van der Waals surface area contributed by atoms with E-state index in [1.54, 1.807) is 0 Å². The third kappa shape index (κ3) is 1.93. The second kappa shape index (κ2) is 3.96. The van der Waals surface area contributed by atoms with Crippen molar-refractivity contribution in [1.82, 2.24) is 4.98 Å². The number of anilines is 1. The van der Waals surface area contributed by atoms with Crippen LogP contribution in [-0.4, -0.2) is 4.98 Å². The van der Waals surface area contributed by atoms with E-state index in [1.807, 2.05) is 25.1 Å². The fraction of sp³-hybridized carbons (Fsp3) is 0.100. The zero-order valence-corrected chi connectivity index (χ0v) is 10.4. The Kier molecular flexibility index (Phi) is 2.82. The minimum Gasteiger partial charge on any atom is -0.308 e. The molecule has 0 bridgehead atoms. The lowest BCUT2D eigenvalue weighted by Crippen LogP contribution is -2.10. The van der Waals surface area contributed by atoms with E-state index in [4.69, 9.17) is 17.4 Å². The minimum absolute atomic E-state index is 0.672. The maximum absolute atomic E-state index is 5.95. The number of aromatic nitrogens is 1. The molecule has 1 heterocycles. The molecule has 2 aromatic rings. The van der Waals surface area contributed by atoms with Crippen molar-refractivity contribution in [2.24, 2.45) is 5.84 Å². The highest BCUT2D eigenvalue weighted by Crippen LogP contribution is 2.29. The molecule has 0 saturated carbocycles. The molecule has 0 fully saturated rings. The molecule has 0 amide bonds. The second-order valence-electron chi connectivity index (χ2n) is 3.26. The van der Waals surface area contributed by atoms with Crippen LogP contribution in [0.25, 0.3) is 10.9 Å². The molecule has 0 spiro atoms. The predicted molar refractivity (Wildman–Crippen MR) is 67.0 cm³/mol. The number of nitrogens with one attached hydrogen (secondary N) is 1. The van der Waals surface area contributed by atoms with Crippen molar-refractivity contribution in [3.05, 3.63) is 33.3 Å². The normalized spacial score (nSPS) is 10.7. The second-order valence-corrected chi connectivity index (χ2v) is 4.55. The largest absolute Gasteiger partial charge is 0.308 e. The summed E-state index contributed by atoms with van der Waals surface area (Å²) < 4.78 is 0.863. The van der Waals surface area contributed by atoms with E-state index in [2.05, 4.69) is 26.3 Å². The first-order chi connectivity index (χ1) is 7.11. The molecule has 0 unspecified atom stereocenters. The highest BCUT2D eigenvalue weighted by Gasteiger charge is 2.06. The quantitative estimate of drug-likeness (QED) is 0.625. The van der Waals surface area contributed by atoms with Crippen LogP contribution in [0.1, 0.15) is 5.56 Å². The number of hydrazine groups is 1. The Hall–Kier alpha value is -0.840. The lowest BCUT2D eigenvalue weighted by Gasteiger charge is -2.07. The first-order valence-corrected chi connectivity index (χ1v) is 5.52. The average Bonchev–Trinajstić information content (AvgIpc) is 2.16. The van der Waals surface area contributed by atoms with Crippen molar-refractivity contribution in [2.45, 2.75) is 6.92 Å².